The highest BCUT2D eigenvalue weighted by molar-refractivity contribution is 5.86. The molecule has 2 N–H and O–H groups in total. The lowest BCUT2D eigenvalue weighted by Crippen LogP contribution is -2.53. The number of carbonyl (C=O) groups excluding carboxylic acids is 3. The van der Waals surface area contributed by atoms with Gasteiger partial charge in [0.25, 0.3) is 0 Å². The molecular weight excluding hydrogens is 570 g/mol. The van der Waals surface area contributed by atoms with Gasteiger partial charge in [-0.15, -0.1) is 0 Å². The molecule has 9 nitrogen and oxygen atoms in total. The van der Waals surface area contributed by atoms with Crippen molar-refractivity contribution in [3.63, 3.8) is 0 Å². The van der Waals surface area contributed by atoms with Gasteiger partial charge in [0.05, 0.1) is 13.7 Å². The highest BCUT2D eigenvalue weighted by Gasteiger charge is 2.40. The van der Waals surface area contributed by atoms with Gasteiger partial charge in [-0.3, -0.25) is 9.63 Å². The van der Waals surface area contributed by atoms with Crippen molar-refractivity contribution in [1.29, 1.82) is 0 Å². The summed E-state index contributed by atoms with van der Waals surface area (Å²) in [5.41, 5.74) is 6.28. The van der Waals surface area contributed by atoms with E-state index in [1.54, 1.807) is 5.06 Å². The monoisotopic (exact) mass is 605 g/mol. The van der Waals surface area contributed by atoms with Crippen LogP contribution in [0.5, 0.6) is 0 Å². The molecule has 0 bridgehead atoms. The van der Waals surface area contributed by atoms with E-state index in [1.807, 2.05) is 84.9 Å². The number of amides is 2. The first-order valence-corrected chi connectivity index (χ1v) is 15.0. The summed E-state index contributed by atoms with van der Waals surface area (Å²) in [4.78, 5) is 45.3. The van der Waals surface area contributed by atoms with Crippen LogP contribution in [-0.2, 0) is 36.9 Å². The summed E-state index contributed by atoms with van der Waals surface area (Å²) in [6, 6.07) is 34.3. The number of fused-ring (bicyclic) bond motifs is 3. The summed E-state index contributed by atoms with van der Waals surface area (Å²) in [7, 11) is 1.30. The van der Waals surface area contributed by atoms with Gasteiger partial charge in [-0.25, -0.2) is 9.59 Å². The highest BCUT2D eigenvalue weighted by Crippen LogP contribution is 2.44. The van der Waals surface area contributed by atoms with Crippen molar-refractivity contribution in [2.24, 2.45) is 0 Å². The number of alkyl carbamates (subject to hydrolysis) is 1. The van der Waals surface area contributed by atoms with Gasteiger partial charge in [0.15, 0.2) is 6.10 Å². The minimum atomic E-state index is -0.946. The van der Waals surface area contributed by atoms with Gasteiger partial charge in [-0.1, -0.05) is 109 Å². The normalized spacial score (nSPS) is 18.0. The zero-order chi connectivity index (χ0) is 31.2. The van der Waals surface area contributed by atoms with Crippen LogP contribution in [0.2, 0.25) is 0 Å². The van der Waals surface area contributed by atoms with E-state index in [-0.39, 0.29) is 25.4 Å². The number of methoxy groups -OCH3 is 1. The predicted octanol–water partition coefficient (Wildman–Crippen LogP) is 4.96. The maximum Gasteiger partial charge on any atom is 0.407 e. The van der Waals surface area contributed by atoms with Crippen LogP contribution in [0.25, 0.3) is 11.1 Å². The summed E-state index contributed by atoms with van der Waals surface area (Å²) < 4.78 is 10.7. The summed E-state index contributed by atoms with van der Waals surface area (Å²) >= 11 is 0. The molecule has 1 saturated heterocycles. The van der Waals surface area contributed by atoms with Crippen molar-refractivity contribution < 1.29 is 28.7 Å². The Labute approximate surface area is 262 Å². The lowest BCUT2D eigenvalue weighted by Gasteiger charge is -2.26. The van der Waals surface area contributed by atoms with Crippen molar-refractivity contribution in [3.05, 3.63) is 131 Å². The topological polar surface area (TPSA) is 106 Å². The zero-order valence-corrected chi connectivity index (χ0v) is 24.9. The Morgan fingerprint density at radius 1 is 0.822 bits per heavy atom. The standard InChI is InChI=1S/C36H35N3O6/c1-43-35(41)32-21-33(39(45-32)22-25-14-6-3-7-15-25)38-34(40)31(20-24-12-4-2-5-13-24)37-36(42)44-23-30-28-18-10-8-16-26(28)27-17-9-11-19-29(27)30/h2-19,30-33H,20-23H2,1H3,(H,37,42)(H,38,40)/t31-,32+,33-/m0/s1. The molecule has 45 heavy (non-hydrogen) atoms. The molecule has 2 aliphatic rings. The Balaban J connectivity index is 1.16. The molecule has 230 valence electrons. The van der Waals surface area contributed by atoms with Gasteiger partial charge >= 0.3 is 12.1 Å². The molecule has 0 spiro atoms. The van der Waals surface area contributed by atoms with Crippen molar-refractivity contribution in [3.8, 4) is 11.1 Å². The number of hydrogen-bond donors (Lipinski definition) is 2. The molecule has 1 heterocycles. The van der Waals surface area contributed by atoms with Crippen molar-refractivity contribution in [2.45, 2.75) is 43.6 Å². The lowest BCUT2D eigenvalue weighted by molar-refractivity contribution is -0.193. The average molecular weight is 606 g/mol. The van der Waals surface area contributed by atoms with Crippen LogP contribution < -0.4 is 10.6 Å². The number of hydrogen-bond acceptors (Lipinski definition) is 7. The van der Waals surface area contributed by atoms with Gasteiger partial charge < -0.3 is 20.1 Å². The minimum absolute atomic E-state index is 0.109. The van der Waals surface area contributed by atoms with E-state index in [1.165, 1.54) is 7.11 Å². The first-order valence-electron chi connectivity index (χ1n) is 15.0. The van der Waals surface area contributed by atoms with E-state index >= 15 is 0 Å². The average Bonchev–Trinajstić information content (AvgIpc) is 3.62. The van der Waals surface area contributed by atoms with Crippen LogP contribution >= 0.6 is 0 Å². The van der Waals surface area contributed by atoms with E-state index in [0.29, 0.717) is 6.54 Å². The third-order valence-electron chi connectivity index (χ3n) is 8.24. The van der Waals surface area contributed by atoms with Crippen LogP contribution in [0.4, 0.5) is 4.79 Å². The molecule has 2 amide bonds. The fourth-order valence-corrected chi connectivity index (χ4v) is 6.02. The zero-order valence-electron chi connectivity index (χ0n) is 24.9. The smallest absolute Gasteiger partial charge is 0.407 e. The quantitative estimate of drug-likeness (QED) is 0.246. The van der Waals surface area contributed by atoms with E-state index in [4.69, 9.17) is 14.3 Å². The number of rotatable bonds is 10. The number of hydroxylamine groups is 2. The van der Waals surface area contributed by atoms with Crippen LogP contribution in [0.3, 0.4) is 0 Å². The molecule has 4 aromatic carbocycles. The predicted molar refractivity (Wildman–Crippen MR) is 168 cm³/mol. The summed E-state index contributed by atoms with van der Waals surface area (Å²) in [5.74, 6) is -1.06. The molecule has 3 atom stereocenters. The molecule has 6 rings (SSSR count). The van der Waals surface area contributed by atoms with Crippen molar-refractivity contribution >= 4 is 18.0 Å². The second-order valence-corrected chi connectivity index (χ2v) is 11.2. The molecule has 0 radical (unpaired) electrons. The molecule has 1 aliphatic heterocycles. The second-order valence-electron chi connectivity index (χ2n) is 11.2. The van der Waals surface area contributed by atoms with E-state index in [9.17, 15) is 14.4 Å². The maximum absolute atomic E-state index is 13.8. The number of esters is 1. The van der Waals surface area contributed by atoms with Crippen molar-refractivity contribution in [1.82, 2.24) is 15.7 Å². The largest absolute Gasteiger partial charge is 0.467 e. The number of ether oxygens (including phenoxy) is 2. The van der Waals surface area contributed by atoms with Crippen LogP contribution in [0, 0.1) is 0 Å². The number of carbonyl (C=O) groups is 3. The van der Waals surface area contributed by atoms with Crippen LogP contribution in [0.15, 0.2) is 109 Å². The van der Waals surface area contributed by atoms with E-state index in [2.05, 4.69) is 34.9 Å². The van der Waals surface area contributed by atoms with Gasteiger partial charge in [-0.2, -0.15) is 5.06 Å². The Bertz CT molecular complexity index is 1600. The number of nitrogens with zero attached hydrogens (tertiary/aromatic N) is 1. The maximum atomic E-state index is 13.8. The lowest BCUT2D eigenvalue weighted by atomic mass is 9.98. The van der Waals surface area contributed by atoms with Crippen LogP contribution in [-0.4, -0.2) is 55.1 Å². The SMILES string of the molecule is COC(=O)[C@H]1C[C@@H](NC(=O)[C@H](Cc2ccccc2)NC(=O)OCC2c3ccccc3-c3ccccc32)N(Cc2ccccc2)O1. The Kier molecular flexibility index (Phi) is 9.19. The Morgan fingerprint density at radius 3 is 2.02 bits per heavy atom. The van der Waals surface area contributed by atoms with E-state index < -0.39 is 36.3 Å². The second kappa shape index (κ2) is 13.8. The van der Waals surface area contributed by atoms with Crippen molar-refractivity contribution in [2.75, 3.05) is 13.7 Å². The third kappa shape index (κ3) is 6.90. The van der Waals surface area contributed by atoms with Crippen LogP contribution in [0.1, 0.15) is 34.6 Å². The van der Waals surface area contributed by atoms with Gasteiger partial charge in [0.1, 0.15) is 18.8 Å². The third-order valence-corrected chi connectivity index (χ3v) is 8.24. The molecular formula is C36H35N3O6. The van der Waals surface area contributed by atoms with Gasteiger partial charge in [0.2, 0.25) is 5.91 Å². The van der Waals surface area contributed by atoms with E-state index in [0.717, 1.165) is 33.4 Å². The molecule has 1 fully saturated rings. The molecule has 9 heteroatoms. The van der Waals surface area contributed by atoms with Gasteiger partial charge in [0, 0.05) is 18.8 Å². The minimum Gasteiger partial charge on any atom is -0.467 e. The fraction of sp³-hybridized carbons (Fsp3) is 0.250. The summed E-state index contributed by atoms with van der Waals surface area (Å²) in [6.07, 6.45) is -1.77. The molecule has 0 saturated carbocycles. The Hall–Kier alpha value is -4.99. The summed E-state index contributed by atoms with van der Waals surface area (Å²) in [6.45, 7) is 0.462. The Morgan fingerprint density at radius 2 is 1.40 bits per heavy atom. The number of nitrogens with one attached hydrogen (secondary N) is 2. The first kappa shape index (κ1) is 30.1. The molecule has 0 aromatic heterocycles. The summed E-state index contributed by atoms with van der Waals surface area (Å²) in [5, 5.41) is 7.36. The first-order chi connectivity index (χ1) is 22.0. The highest BCUT2D eigenvalue weighted by atomic mass is 16.7. The molecule has 0 unspecified atom stereocenters. The molecule has 4 aromatic rings. The fourth-order valence-electron chi connectivity index (χ4n) is 6.02. The number of benzene rings is 4. The van der Waals surface area contributed by atoms with Gasteiger partial charge in [-0.05, 0) is 33.4 Å². The molecule has 1 aliphatic carbocycles.